The number of urea groups is 1. The molecule has 27 heavy (non-hydrogen) atoms. The summed E-state index contributed by atoms with van der Waals surface area (Å²) in [6.07, 6.45) is 9.93. The third-order valence-corrected chi connectivity index (χ3v) is 5.08. The Labute approximate surface area is 160 Å². The zero-order valence-corrected chi connectivity index (χ0v) is 15.7. The summed E-state index contributed by atoms with van der Waals surface area (Å²) in [6.45, 7) is 1.29. The first-order valence-corrected chi connectivity index (χ1v) is 9.84. The van der Waals surface area contributed by atoms with Gasteiger partial charge in [-0.05, 0) is 62.6 Å². The number of halogens is 1. The molecular weight excluding hydrogens is 345 g/mol. The molecule has 3 amide bonds. The number of hydrogen-bond acceptors (Lipinski definition) is 3. The van der Waals surface area contributed by atoms with Crippen LogP contribution in [0.15, 0.2) is 35.9 Å². The fourth-order valence-corrected chi connectivity index (χ4v) is 3.44. The number of nitrogens with one attached hydrogen (secondary N) is 2. The molecule has 0 aromatic heterocycles. The molecular formula is C21H28FN3O2. The monoisotopic (exact) mass is 373 g/mol. The number of carbonyl (C=O) groups is 2. The molecule has 146 valence electrons. The SMILES string of the molecule is O=C(CN(Cc1ccc(F)cc1)C1CC1)NC(=O)NCCC1=CCCCC1. The van der Waals surface area contributed by atoms with E-state index in [1.807, 2.05) is 4.90 Å². The Kier molecular flexibility index (Phi) is 6.98. The maximum absolute atomic E-state index is 13.0. The summed E-state index contributed by atoms with van der Waals surface area (Å²) in [6, 6.07) is 6.24. The molecule has 0 bridgehead atoms. The van der Waals surface area contributed by atoms with Crippen molar-refractivity contribution in [2.45, 2.75) is 57.5 Å². The highest BCUT2D eigenvalue weighted by atomic mass is 19.1. The lowest BCUT2D eigenvalue weighted by atomic mass is 9.97. The van der Waals surface area contributed by atoms with Gasteiger partial charge in [0, 0.05) is 19.1 Å². The van der Waals surface area contributed by atoms with Crippen LogP contribution in [-0.2, 0) is 11.3 Å². The third kappa shape index (κ3) is 6.79. The molecule has 0 spiro atoms. The van der Waals surface area contributed by atoms with Gasteiger partial charge >= 0.3 is 6.03 Å². The van der Waals surface area contributed by atoms with E-state index in [0.29, 0.717) is 19.1 Å². The minimum absolute atomic E-state index is 0.167. The van der Waals surface area contributed by atoms with Crippen molar-refractivity contribution in [1.82, 2.24) is 15.5 Å². The molecule has 1 saturated carbocycles. The highest BCUT2D eigenvalue weighted by Crippen LogP contribution is 2.28. The van der Waals surface area contributed by atoms with Crippen LogP contribution in [0.25, 0.3) is 0 Å². The number of hydrogen-bond donors (Lipinski definition) is 2. The maximum atomic E-state index is 13.0. The molecule has 6 heteroatoms. The first kappa shape index (κ1) is 19.5. The van der Waals surface area contributed by atoms with Gasteiger partial charge in [0.25, 0.3) is 0 Å². The molecule has 2 N–H and O–H groups in total. The van der Waals surface area contributed by atoms with Gasteiger partial charge in [-0.25, -0.2) is 9.18 Å². The van der Waals surface area contributed by atoms with E-state index in [4.69, 9.17) is 0 Å². The second-order valence-electron chi connectivity index (χ2n) is 7.42. The smallest absolute Gasteiger partial charge is 0.321 e. The van der Waals surface area contributed by atoms with Gasteiger partial charge in [-0.15, -0.1) is 0 Å². The van der Waals surface area contributed by atoms with Crippen molar-refractivity contribution in [3.8, 4) is 0 Å². The predicted molar refractivity (Wildman–Crippen MR) is 103 cm³/mol. The molecule has 0 unspecified atom stereocenters. The normalized spacial score (nSPS) is 16.7. The van der Waals surface area contributed by atoms with E-state index >= 15 is 0 Å². The Balaban J connectivity index is 1.40. The van der Waals surface area contributed by atoms with Gasteiger partial charge in [-0.2, -0.15) is 0 Å². The minimum atomic E-state index is -0.436. The fraction of sp³-hybridized carbons (Fsp3) is 0.524. The van der Waals surface area contributed by atoms with Crippen LogP contribution in [0.2, 0.25) is 0 Å². The summed E-state index contributed by atoms with van der Waals surface area (Å²) in [5.74, 6) is -0.575. The number of nitrogens with zero attached hydrogens (tertiary/aromatic N) is 1. The Morgan fingerprint density at radius 3 is 2.59 bits per heavy atom. The standard InChI is InChI=1S/C21H28FN3O2/c22-18-8-6-17(7-9-18)14-25(19-10-11-19)15-20(26)24-21(27)23-13-12-16-4-2-1-3-5-16/h4,6-9,19H,1-3,5,10-15H2,(H2,23,24,26,27). The molecule has 2 aliphatic rings. The molecule has 5 nitrogen and oxygen atoms in total. The lowest BCUT2D eigenvalue weighted by molar-refractivity contribution is -0.121. The van der Waals surface area contributed by atoms with Crippen LogP contribution in [0.4, 0.5) is 9.18 Å². The fourth-order valence-electron chi connectivity index (χ4n) is 3.44. The van der Waals surface area contributed by atoms with E-state index in [9.17, 15) is 14.0 Å². The highest BCUT2D eigenvalue weighted by Gasteiger charge is 2.30. The lowest BCUT2D eigenvalue weighted by Crippen LogP contribution is -2.45. The predicted octanol–water partition coefficient (Wildman–Crippen LogP) is 3.51. The van der Waals surface area contributed by atoms with E-state index < -0.39 is 6.03 Å². The van der Waals surface area contributed by atoms with Crippen LogP contribution in [0.3, 0.4) is 0 Å². The molecule has 3 rings (SSSR count). The van der Waals surface area contributed by atoms with Gasteiger partial charge in [-0.3, -0.25) is 15.0 Å². The summed E-state index contributed by atoms with van der Waals surface area (Å²) in [5, 5.41) is 5.18. The zero-order valence-electron chi connectivity index (χ0n) is 15.7. The van der Waals surface area contributed by atoms with Gasteiger partial charge in [-0.1, -0.05) is 23.8 Å². The first-order chi connectivity index (χ1) is 13.1. The summed E-state index contributed by atoms with van der Waals surface area (Å²) >= 11 is 0. The van der Waals surface area contributed by atoms with E-state index in [-0.39, 0.29) is 18.3 Å². The number of carbonyl (C=O) groups excluding carboxylic acids is 2. The number of amides is 3. The molecule has 1 aromatic rings. The lowest BCUT2D eigenvalue weighted by Gasteiger charge is -2.21. The molecule has 0 radical (unpaired) electrons. The second-order valence-corrected chi connectivity index (χ2v) is 7.42. The van der Waals surface area contributed by atoms with Gasteiger partial charge in [0.1, 0.15) is 5.82 Å². The summed E-state index contributed by atoms with van der Waals surface area (Å²) in [5.41, 5.74) is 2.35. The zero-order chi connectivity index (χ0) is 19.1. The largest absolute Gasteiger partial charge is 0.337 e. The van der Waals surface area contributed by atoms with Crippen LogP contribution in [0, 0.1) is 5.82 Å². The summed E-state index contributed by atoms with van der Waals surface area (Å²) in [7, 11) is 0. The summed E-state index contributed by atoms with van der Waals surface area (Å²) < 4.78 is 13.0. The van der Waals surface area contributed by atoms with Crippen molar-refractivity contribution in [2.24, 2.45) is 0 Å². The van der Waals surface area contributed by atoms with Gasteiger partial charge < -0.3 is 5.32 Å². The second kappa shape index (κ2) is 9.65. The van der Waals surface area contributed by atoms with Gasteiger partial charge in [0.2, 0.25) is 5.91 Å². The van der Waals surface area contributed by atoms with Crippen LogP contribution in [0.1, 0.15) is 50.5 Å². The average molecular weight is 373 g/mol. The number of benzene rings is 1. The Morgan fingerprint density at radius 2 is 1.93 bits per heavy atom. The van der Waals surface area contributed by atoms with E-state index in [0.717, 1.165) is 37.7 Å². The topological polar surface area (TPSA) is 61.4 Å². The molecule has 0 aliphatic heterocycles. The molecule has 1 aromatic carbocycles. The summed E-state index contributed by atoms with van der Waals surface area (Å²) in [4.78, 5) is 26.2. The number of imide groups is 1. The van der Waals surface area contributed by atoms with Crippen molar-refractivity contribution in [3.63, 3.8) is 0 Å². The Hall–Kier alpha value is -2.21. The maximum Gasteiger partial charge on any atom is 0.321 e. The Bertz CT molecular complexity index is 683. The van der Waals surface area contributed by atoms with Crippen LogP contribution in [-0.4, -0.2) is 36.0 Å². The molecule has 0 saturated heterocycles. The van der Waals surface area contributed by atoms with E-state index in [1.165, 1.54) is 30.5 Å². The molecule has 0 heterocycles. The van der Waals surface area contributed by atoms with E-state index in [1.54, 1.807) is 12.1 Å². The number of allylic oxidation sites excluding steroid dienone is 1. The van der Waals surface area contributed by atoms with Crippen LogP contribution < -0.4 is 10.6 Å². The first-order valence-electron chi connectivity index (χ1n) is 9.84. The third-order valence-electron chi connectivity index (χ3n) is 5.08. The molecule has 2 aliphatic carbocycles. The van der Waals surface area contributed by atoms with Gasteiger partial charge in [0.05, 0.1) is 6.54 Å². The molecule has 1 fully saturated rings. The highest BCUT2D eigenvalue weighted by molar-refractivity contribution is 5.95. The minimum Gasteiger partial charge on any atom is -0.337 e. The van der Waals surface area contributed by atoms with Gasteiger partial charge in [0.15, 0.2) is 0 Å². The van der Waals surface area contributed by atoms with Crippen LogP contribution >= 0.6 is 0 Å². The Morgan fingerprint density at radius 1 is 1.15 bits per heavy atom. The van der Waals surface area contributed by atoms with Crippen LogP contribution in [0.5, 0.6) is 0 Å². The van der Waals surface area contributed by atoms with E-state index in [2.05, 4.69) is 16.7 Å². The quantitative estimate of drug-likeness (QED) is 0.686. The van der Waals surface area contributed by atoms with Crippen molar-refractivity contribution in [3.05, 3.63) is 47.3 Å². The average Bonchev–Trinajstić information content (AvgIpc) is 3.49. The number of rotatable bonds is 8. The van der Waals surface area contributed by atoms with Crippen molar-refractivity contribution in [1.29, 1.82) is 0 Å². The van der Waals surface area contributed by atoms with Crippen molar-refractivity contribution >= 4 is 11.9 Å². The molecule has 0 atom stereocenters. The van der Waals surface area contributed by atoms with Crippen molar-refractivity contribution in [2.75, 3.05) is 13.1 Å². The van der Waals surface area contributed by atoms with Crippen molar-refractivity contribution < 1.29 is 14.0 Å².